The number of nitro groups is 1. The van der Waals surface area contributed by atoms with E-state index in [2.05, 4.69) is 10.0 Å². The van der Waals surface area contributed by atoms with Gasteiger partial charge in [0, 0.05) is 25.6 Å². The summed E-state index contributed by atoms with van der Waals surface area (Å²) in [5.41, 5.74) is 1.01. The predicted octanol–water partition coefficient (Wildman–Crippen LogP) is 1.72. The van der Waals surface area contributed by atoms with E-state index in [0.717, 1.165) is 11.4 Å². The van der Waals surface area contributed by atoms with E-state index in [0.29, 0.717) is 13.1 Å². The van der Waals surface area contributed by atoms with Crippen LogP contribution in [0.25, 0.3) is 0 Å². The molecular formula is C18H23N4O4S+. The maximum absolute atomic E-state index is 12.3. The topological polar surface area (TPSA) is 104 Å². The first-order chi connectivity index (χ1) is 12.8. The van der Waals surface area contributed by atoms with Gasteiger partial charge in [-0.25, -0.2) is 13.1 Å². The summed E-state index contributed by atoms with van der Waals surface area (Å²) in [5.74, 6) is 0.924. The minimum atomic E-state index is -3.71. The summed E-state index contributed by atoms with van der Waals surface area (Å²) >= 11 is 0. The van der Waals surface area contributed by atoms with Crippen molar-refractivity contribution in [1.82, 2.24) is 10.0 Å². The molecule has 9 heteroatoms. The van der Waals surface area contributed by atoms with Crippen LogP contribution in [0.3, 0.4) is 0 Å². The fourth-order valence-electron chi connectivity index (χ4n) is 2.31. The Morgan fingerprint density at radius 3 is 2.30 bits per heavy atom. The van der Waals surface area contributed by atoms with Gasteiger partial charge < -0.3 is 0 Å². The fourth-order valence-corrected chi connectivity index (χ4v) is 3.33. The van der Waals surface area contributed by atoms with Crippen LogP contribution in [-0.2, 0) is 16.6 Å². The maximum Gasteiger partial charge on any atom is 0.269 e. The van der Waals surface area contributed by atoms with Gasteiger partial charge in [0.15, 0.2) is 0 Å². The summed E-state index contributed by atoms with van der Waals surface area (Å²) in [6.45, 7) is 3.29. The Bertz CT molecular complexity index is 910. The molecule has 2 aromatic rings. The summed E-state index contributed by atoms with van der Waals surface area (Å²) in [6.07, 6.45) is 0. The first kappa shape index (κ1) is 20.5. The minimum absolute atomic E-state index is 0.00124. The van der Waals surface area contributed by atoms with Gasteiger partial charge in [0.2, 0.25) is 15.9 Å². The van der Waals surface area contributed by atoms with Gasteiger partial charge in [-0.2, -0.15) is 0 Å². The van der Waals surface area contributed by atoms with Gasteiger partial charge in [-0.15, -0.1) is 0 Å². The van der Waals surface area contributed by atoms with Crippen LogP contribution in [0.15, 0.2) is 59.5 Å². The molecule has 0 fully saturated rings. The molecule has 2 N–H and O–H groups in total. The molecule has 0 saturated carbocycles. The summed E-state index contributed by atoms with van der Waals surface area (Å²) in [7, 11) is -1.84. The Morgan fingerprint density at radius 2 is 1.70 bits per heavy atom. The molecule has 0 amide bonds. The number of rotatable bonds is 8. The van der Waals surface area contributed by atoms with E-state index in [1.54, 1.807) is 0 Å². The third kappa shape index (κ3) is 6.15. The molecule has 0 bridgehead atoms. The van der Waals surface area contributed by atoms with Crippen LogP contribution < -0.4 is 10.0 Å². The van der Waals surface area contributed by atoms with Crippen molar-refractivity contribution in [2.24, 2.45) is 0 Å². The van der Waals surface area contributed by atoms with Crippen LogP contribution in [0.2, 0.25) is 0 Å². The lowest BCUT2D eigenvalue weighted by molar-refractivity contribution is -0.497. The summed E-state index contributed by atoms with van der Waals surface area (Å²) in [6, 6.07) is 14.8. The Labute approximate surface area is 158 Å². The van der Waals surface area contributed by atoms with Gasteiger partial charge >= 0.3 is 0 Å². The van der Waals surface area contributed by atoms with Crippen LogP contribution in [0.5, 0.6) is 0 Å². The van der Waals surface area contributed by atoms with Crippen molar-refractivity contribution >= 4 is 21.5 Å². The molecule has 27 heavy (non-hydrogen) atoms. The van der Waals surface area contributed by atoms with E-state index in [1.807, 2.05) is 48.9 Å². The second kappa shape index (κ2) is 9.24. The number of likely N-dealkylation sites (N-methyl/N-ethyl adjacent to an activating group) is 1. The molecule has 8 nitrogen and oxygen atoms in total. The number of sulfonamides is 1. The Morgan fingerprint density at radius 1 is 1.07 bits per heavy atom. The number of benzene rings is 2. The van der Waals surface area contributed by atoms with E-state index in [9.17, 15) is 18.5 Å². The lowest BCUT2D eigenvalue weighted by Gasteiger charge is -2.09. The standard InChI is InChI=1S/C18H22N4O4S/c1-15(19-14-16-6-4-3-5-7-16)21(2)13-12-20-27(25,26)18-10-8-17(9-11-18)22(23)24/h3-11,20H,12-14H2,1-2H3/p+1. The van der Waals surface area contributed by atoms with Crippen LogP contribution in [-0.4, -0.2) is 43.9 Å². The average Bonchev–Trinajstić information content (AvgIpc) is 2.66. The number of hydrogen-bond acceptors (Lipinski definition) is 4. The molecule has 0 aliphatic rings. The highest BCUT2D eigenvalue weighted by Crippen LogP contribution is 2.15. The van der Waals surface area contributed by atoms with Crippen molar-refractivity contribution in [1.29, 1.82) is 0 Å². The van der Waals surface area contributed by atoms with Crippen LogP contribution in [0.1, 0.15) is 12.5 Å². The summed E-state index contributed by atoms with van der Waals surface area (Å²) in [5, 5.41) is 13.9. The Kier molecular flexibility index (Phi) is 7.03. The van der Waals surface area contributed by atoms with E-state index in [1.165, 1.54) is 24.3 Å². The molecule has 0 unspecified atom stereocenters. The van der Waals surface area contributed by atoms with E-state index in [-0.39, 0.29) is 17.1 Å². The van der Waals surface area contributed by atoms with Gasteiger partial charge in [-0.1, -0.05) is 30.3 Å². The smallest absolute Gasteiger partial charge is 0.269 e. The quantitative estimate of drug-likeness (QED) is 0.234. The minimum Gasteiger partial charge on any atom is -0.275 e. The number of nitrogens with zero attached hydrogens (tertiary/aromatic N) is 2. The van der Waals surface area contributed by atoms with E-state index in [4.69, 9.17) is 0 Å². The Hall–Kier alpha value is -2.78. The van der Waals surface area contributed by atoms with Crippen molar-refractivity contribution in [2.45, 2.75) is 18.4 Å². The molecule has 0 aromatic heterocycles. The van der Waals surface area contributed by atoms with Crippen molar-refractivity contribution in [3.05, 3.63) is 70.3 Å². The molecule has 2 aromatic carbocycles. The zero-order valence-electron chi connectivity index (χ0n) is 15.3. The lowest BCUT2D eigenvalue weighted by Crippen LogP contribution is -2.35. The summed E-state index contributed by atoms with van der Waals surface area (Å²) in [4.78, 5) is 10.1. The molecule has 0 aliphatic carbocycles. The normalized spacial score (nSPS) is 12.4. The molecule has 0 radical (unpaired) electrons. The maximum atomic E-state index is 12.3. The van der Waals surface area contributed by atoms with Gasteiger partial charge in [0.05, 0.1) is 23.4 Å². The summed E-state index contributed by atoms with van der Waals surface area (Å²) < 4.78 is 28.9. The molecule has 0 atom stereocenters. The second-order valence-electron chi connectivity index (χ2n) is 5.99. The molecule has 0 spiro atoms. The average molecular weight is 391 g/mol. The largest absolute Gasteiger partial charge is 0.275 e. The van der Waals surface area contributed by atoms with Crippen molar-refractivity contribution < 1.29 is 17.9 Å². The second-order valence-corrected chi connectivity index (χ2v) is 7.76. The molecular weight excluding hydrogens is 368 g/mol. The number of amidine groups is 1. The molecule has 0 heterocycles. The first-order valence-corrected chi connectivity index (χ1v) is 9.84. The number of nitrogens with one attached hydrogen (secondary N) is 2. The highest BCUT2D eigenvalue weighted by Gasteiger charge is 2.16. The Balaban J connectivity index is 1.88. The zero-order chi connectivity index (χ0) is 19.9. The van der Waals surface area contributed by atoms with Crippen molar-refractivity contribution in [3.8, 4) is 0 Å². The fraction of sp³-hybridized carbons (Fsp3) is 0.278. The lowest BCUT2D eigenvalue weighted by atomic mass is 10.2. The number of nitro benzene ring substituents is 1. The van der Waals surface area contributed by atoms with Gasteiger partial charge in [0.1, 0.15) is 6.54 Å². The van der Waals surface area contributed by atoms with Crippen LogP contribution in [0, 0.1) is 10.1 Å². The molecule has 0 saturated heterocycles. The molecule has 144 valence electrons. The predicted molar refractivity (Wildman–Crippen MR) is 103 cm³/mol. The SMILES string of the molecule is CC(NCc1ccccc1)=[N+](C)CCNS(=O)(=O)c1ccc([N+](=O)[O-])cc1. The zero-order valence-corrected chi connectivity index (χ0v) is 16.1. The molecule has 0 aliphatic heterocycles. The third-order valence-corrected chi connectivity index (χ3v) is 5.54. The van der Waals surface area contributed by atoms with Crippen molar-refractivity contribution in [3.63, 3.8) is 0 Å². The highest BCUT2D eigenvalue weighted by atomic mass is 32.2. The first-order valence-electron chi connectivity index (χ1n) is 8.36. The number of hydrogen-bond donors (Lipinski definition) is 2. The third-order valence-electron chi connectivity index (χ3n) is 4.06. The van der Waals surface area contributed by atoms with E-state index >= 15 is 0 Å². The van der Waals surface area contributed by atoms with E-state index < -0.39 is 14.9 Å². The van der Waals surface area contributed by atoms with Gasteiger partial charge in [-0.3, -0.25) is 20.0 Å². The van der Waals surface area contributed by atoms with Gasteiger partial charge in [-0.05, 0) is 17.7 Å². The monoisotopic (exact) mass is 391 g/mol. The highest BCUT2D eigenvalue weighted by molar-refractivity contribution is 7.89. The van der Waals surface area contributed by atoms with Crippen LogP contribution in [0.4, 0.5) is 5.69 Å². The van der Waals surface area contributed by atoms with Gasteiger partial charge in [0.25, 0.3) is 5.69 Å². The van der Waals surface area contributed by atoms with Crippen LogP contribution >= 0.6 is 0 Å². The number of non-ortho nitro benzene ring substituents is 1. The molecule has 2 rings (SSSR count). The van der Waals surface area contributed by atoms with Crippen molar-refractivity contribution in [2.75, 3.05) is 20.1 Å².